The lowest BCUT2D eigenvalue weighted by Crippen LogP contribution is -2.61. The molecule has 1 heterocycles. The average Bonchev–Trinajstić information content (AvgIpc) is 3.44. The fourth-order valence-corrected chi connectivity index (χ4v) is 9.86. The summed E-state index contributed by atoms with van der Waals surface area (Å²) < 4.78 is 48.7. The van der Waals surface area contributed by atoms with Crippen LogP contribution in [0.25, 0.3) is 11.0 Å². The summed E-state index contributed by atoms with van der Waals surface area (Å²) in [6, 6.07) is 5.34. The number of aromatic nitrogens is 3. The second kappa shape index (κ2) is 9.41. The molecule has 4 aliphatic carbocycles. The number of alkyl halides is 3. The Morgan fingerprint density at radius 1 is 1.15 bits per heavy atom. The van der Waals surface area contributed by atoms with Crippen LogP contribution in [0.2, 0.25) is 5.02 Å². The maximum atomic E-state index is 13.8. The third-order valence-corrected chi connectivity index (χ3v) is 11.8. The topological polar surface area (TPSA) is 77.2 Å². The maximum Gasteiger partial charge on any atom is 0.417 e. The molecule has 214 valence electrons. The fourth-order valence-electron chi connectivity index (χ4n) is 9.70. The normalized spacial score (nSPS) is 40.2. The van der Waals surface area contributed by atoms with Gasteiger partial charge in [0.1, 0.15) is 12.1 Å². The van der Waals surface area contributed by atoms with Gasteiger partial charge in [-0.25, -0.2) is 4.68 Å². The Morgan fingerprint density at radius 3 is 2.69 bits per heavy atom. The number of aliphatic hydroxyl groups is 1. The molecule has 0 radical (unpaired) electrons. The summed E-state index contributed by atoms with van der Waals surface area (Å²) in [6.07, 6.45) is 0.269. The molecule has 8 atom stereocenters. The molecule has 1 N–H and O–H groups in total. The van der Waals surface area contributed by atoms with E-state index in [9.17, 15) is 23.1 Å². The number of hydrogen-bond acceptors (Lipinski definition) is 5. The van der Waals surface area contributed by atoms with Gasteiger partial charge in [-0.1, -0.05) is 23.7 Å². The third-order valence-electron chi connectivity index (χ3n) is 11.5. The van der Waals surface area contributed by atoms with E-state index in [2.05, 4.69) is 17.2 Å². The van der Waals surface area contributed by atoms with E-state index in [0.717, 1.165) is 37.6 Å². The summed E-state index contributed by atoms with van der Waals surface area (Å²) in [5.74, 6) is 0.830. The molecular weight excluding hydrogens is 531 g/mol. The van der Waals surface area contributed by atoms with Crippen molar-refractivity contribution in [3.05, 3.63) is 23.2 Å². The minimum Gasteiger partial charge on any atom is -0.384 e. The zero-order valence-electron chi connectivity index (χ0n) is 22.5. The van der Waals surface area contributed by atoms with E-state index in [0.29, 0.717) is 41.8 Å². The van der Waals surface area contributed by atoms with Crippen molar-refractivity contribution in [1.82, 2.24) is 15.0 Å². The minimum absolute atomic E-state index is 0.0836. The van der Waals surface area contributed by atoms with Crippen LogP contribution in [0.15, 0.2) is 18.2 Å². The van der Waals surface area contributed by atoms with Gasteiger partial charge in [-0.05, 0) is 110 Å². The summed E-state index contributed by atoms with van der Waals surface area (Å²) in [5, 5.41) is 19.5. The van der Waals surface area contributed by atoms with Crippen molar-refractivity contribution in [2.24, 2.45) is 40.4 Å². The Bertz CT molecular complexity index is 1270. The number of hydrogen-bond donors (Lipinski definition) is 1. The molecule has 0 aliphatic heterocycles. The summed E-state index contributed by atoms with van der Waals surface area (Å²) in [6.45, 7) is 2.85. The molecule has 0 amide bonds. The SMILES string of the molecule is COC[C@]12CC[C@](O)(C(F)(F)F)C[C@H]1CC[C@H]1[C@@H]3CC[C@H](C(=O)Cn4nnc5ccc(Cl)cc54)[C@@]3(C)CC[C@@H]12. The molecule has 0 saturated heterocycles. The molecule has 6 rings (SSSR count). The number of fused-ring (bicyclic) bond motifs is 6. The average molecular weight is 568 g/mol. The number of carbonyl (C=O) groups excluding carboxylic acids is 1. The van der Waals surface area contributed by atoms with Gasteiger partial charge >= 0.3 is 6.18 Å². The van der Waals surface area contributed by atoms with Crippen LogP contribution >= 0.6 is 11.6 Å². The third kappa shape index (κ3) is 4.16. The minimum atomic E-state index is -4.62. The number of ether oxygens (including phenoxy) is 1. The van der Waals surface area contributed by atoms with Crippen LogP contribution in [-0.4, -0.2) is 51.4 Å². The number of Topliss-reactive ketones (excluding diaryl/α,β-unsaturated/α-hetero) is 1. The van der Waals surface area contributed by atoms with E-state index < -0.39 is 11.8 Å². The van der Waals surface area contributed by atoms with E-state index in [1.165, 1.54) is 0 Å². The number of nitrogens with zero attached hydrogens (tertiary/aromatic N) is 3. The Hall–Kier alpha value is -1.71. The van der Waals surface area contributed by atoms with Crippen LogP contribution in [0.3, 0.4) is 0 Å². The molecule has 2 aromatic rings. The lowest BCUT2D eigenvalue weighted by molar-refractivity contribution is -0.294. The molecule has 4 saturated carbocycles. The summed E-state index contributed by atoms with van der Waals surface area (Å²) in [5.41, 5.74) is -1.65. The monoisotopic (exact) mass is 567 g/mol. The first-order chi connectivity index (χ1) is 18.4. The van der Waals surface area contributed by atoms with Crippen molar-refractivity contribution in [1.29, 1.82) is 0 Å². The van der Waals surface area contributed by atoms with E-state index in [4.69, 9.17) is 16.3 Å². The largest absolute Gasteiger partial charge is 0.417 e. The number of carbonyl (C=O) groups is 1. The highest BCUT2D eigenvalue weighted by Gasteiger charge is 2.66. The van der Waals surface area contributed by atoms with Crippen molar-refractivity contribution in [2.45, 2.75) is 83.0 Å². The second-order valence-electron chi connectivity index (χ2n) is 13.1. The predicted molar refractivity (Wildman–Crippen MR) is 140 cm³/mol. The van der Waals surface area contributed by atoms with Crippen LogP contribution in [-0.2, 0) is 16.1 Å². The van der Waals surface area contributed by atoms with Gasteiger partial charge in [0, 0.05) is 18.1 Å². The van der Waals surface area contributed by atoms with E-state index in [-0.39, 0.29) is 53.8 Å². The molecule has 4 fully saturated rings. The van der Waals surface area contributed by atoms with Crippen molar-refractivity contribution in [3.8, 4) is 0 Å². The molecular formula is C29H37ClF3N3O3. The summed E-state index contributed by atoms with van der Waals surface area (Å²) in [7, 11) is 1.64. The number of halogens is 4. The van der Waals surface area contributed by atoms with Crippen LogP contribution in [0.5, 0.6) is 0 Å². The first-order valence-corrected chi connectivity index (χ1v) is 14.6. The van der Waals surface area contributed by atoms with Crippen molar-refractivity contribution in [2.75, 3.05) is 13.7 Å². The summed E-state index contributed by atoms with van der Waals surface area (Å²) >= 11 is 6.18. The maximum absolute atomic E-state index is 13.8. The molecule has 4 aliphatic rings. The van der Waals surface area contributed by atoms with Crippen LogP contribution in [0.4, 0.5) is 13.2 Å². The second-order valence-corrected chi connectivity index (χ2v) is 13.5. The molecule has 0 spiro atoms. The predicted octanol–water partition coefficient (Wildman–Crippen LogP) is 6.23. The molecule has 1 aromatic carbocycles. The van der Waals surface area contributed by atoms with Crippen molar-refractivity contribution >= 4 is 28.4 Å². The van der Waals surface area contributed by atoms with E-state index in [1.54, 1.807) is 30.0 Å². The Labute approximate surface area is 231 Å². The van der Waals surface area contributed by atoms with Gasteiger partial charge < -0.3 is 9.84 Å². The van der Waals surface area contributed by atoms with Gasteiger partial charge in [-0.3, -0.25) is 4.79 Å². The standard InChI is InChI=1S/C29H37ClF3N3O3/c1-26-10-9-21-19(5-3-17-14-28(38,29(31,32)33)12-11-27(17,21)16-39-2)20(26)6-7-22(26)25(37)15-36-24-13-18(30)4-8-23(24)34-35-36/h4,8,13,17,19-22,38H,3,5-7,9-12,14-16H2,1-2H3/t17-,19+,20+,21+,22-,26+,27-,28-/m1/s1. The van der Waals surface area contributed by atoms with E-state index in [1.807, 2.05) is 0 Å². The molecule has 39 heavy (non-hydrogen) atoms. The Balaban J connectivity index is 1.23. The highest BCUT2D eigenvalue weighted by Crippen LogP contribution is 2.69. The molecule has 0 unspecified atom stereocenters. The van der Waals surface area contributed by atoms with Gasteiger partial charge in [0.05, 0.1) is 12.1 Å². The van der Waals surface area contributed by atoms with Gasteiger partial charge in [-0.15, -0.1) is 5.10 Å². The molecule has 6 nitrogen and oxygen atoms in total. The van der Waals surface area contributed by atoms with Gasteiger partial charge in [0.15, 0.2) is 11.4 Å². The van der Waals surface area contributed by atoms with Gasteiger partial charge in [0.2, 0.25) is 0 Å². The van der Waals surface area contributed by atoms with Crippen LogP contribution < -0.4 is 0 Å². The molecule has 0 bridgehead atoms. The first-order valence-electron chi connectivity index (χ1n) is 14.2. The zero-order chi connectivity index (χ0) is 27.8. The van der Waals surface area contributed by atoms with Crippen LogP contribution in [0.1, 0.15) is 64.7 Å². The van der Waals surface area contributed by atoms with Gasteiger partial charge in [-0.2, -0.15) is 13.2 Å². The highest BCUT2D eigenvalue weighted by atomic mass is 35.5. The van der Waals surface area contributed by atoms with Crippen molar-refractivity contribution < 1.29 is 27.8 Å². The fraction of sp³-hybridized carbons (Fsp3) is 0.759. The number of benzene rings is 1. The van der Waals surface area contributed by atoms with Crippen LogP contribution in [0, 0.1) is 40.4 Å². The number of methoxy groups -OCH3 is 1. The Kier molecular flexibility index (Phi) is 6.63. The quantitative estimate of drug-likeness (QED) is 0.463. The molecule has 1 aromatic heterocycles. The Morgan fingerprint density at radius 2 is 1.95 bits per heavy atom. The number of rotatable bonds is 5. The number of ketones is 1. The molecule has 10 heteroatoms. The zero-order valence-corrected chi connectivity index (χ0v) is 23.3. The lowest BCUT2D eigenvalue weighted by Gasteiger charge is -2.62. The highest BCUT2D eigenvalue weighted by molar-refractivity contribution is 6.31. The van der Waals surface area contributed by atoms with Crippen molar-refractivity contribution in [3.63, 3.8) is 0 Å². The summed E-state index contributed by atoms with van der Waals surface area (Å²) in [4.78, 5) is 13.7. The van der Waals surface area contributed by atoms with Gasteiger partial charge in [0.25, 0.3) is 0 Å². The first kappa shape index (κ1) is 27.5. The lowest BCUT2D eigenvalue weighted by atomic mass is 9.43. The van der Waals surface area contributed by atoms with E-state index >= 15 is 0 Å². The smallest absolute Gasteiger partial charge is 0.384 e.